The van der Waals surface area contributed by atoms with Crippen molar-refractivity contribution in [1.82, 2.24) is 4.67 Å². The van der Waals surface area contributed by atoms with Crippen LogP contribution in [0, 0.1) is 5.41 Å². The first-order valence-electron chi connectivity index (χ1n) is 4.56. The second-order valence-corrected chi connectivity index (χ2v) is 5.31. The highest BCUT2D eigenvalue weighted by Crippen LogP contribution is 2.32. The van der Waals surface area contributed by atoms with Crippen molar-refractivity contribution in [2.75, 3.05) is 19.8 Å². The van der Waals surface area contributed by atoms with Crippen LogP contribution in [0.25, 0.3) is 0 Å². The van der Waals surface area contributed by atoms with Crippen LogP contribution in [0.3, 0.4) is 0 Å². The molecule has 0 aromatic rings. The van der Waals surface area contributed by atoms with Crippen molar-refractivity contribution in [3.05, 3.63) is 0 Å². The summed E-state index contributed by atoms with van der Waals surface area (Å²) in [4.78, 5) is 0. The van der Waals surface area contributed by atoms with E-state index in [1.807, 2.05) is 0 Å². The molecule has 66 valence electrons. The van der Waals surface area contributed by atoms with Crippen molar-refractivity contribution in [3.63, 3.8) is 0 Å². The zero-order valence-corrected chi connectivity index (χ0v) is 8.98. The Hall–Kier alpha value is 0.390. The summed E-state index contributed by atoms with van der Waals surface area (Å²) in [6.07, 6.45) is 4.19. The Labute approximate surface area is 72.4 Å². The highest BCUT2D eigenvalue weighted by Gasteiger charge is 2.21. The minimum Gasteiger partial charge on any atom is -0.285 e. The molecular weight excluding hydrogens is 153 g/mol. The number of hydrogen-bond donors (Lipinski definition) is 0. The fraction of sp³-hybridized carbons (Fsp3) is 1.00. The van der Waals surface area contributed by atoms with Crippen molar-refractivity contribution in [3.8, 4) is 0 Å². The van der Waals surface area contributed by atoms with Crippen LogP contribution in [0.4, 0.5) is 0 Å². The molecule has 1 nitrogen and oxygen atoms in total. The van der Waals surface area contributed by atoms with E-state index in [2.05, 4.69) is 25.2 Å². The van der Waals surface area contributed by atoms with Gasteiger partial charge in [-0.15, -0.1) is 0 Å². The number of nitrogens with zero attached hydrogens (tertiary/aromatic N) is 1. The molecule has 0 aromatic heterocycles. The normalized spacial score (nSPS) is 27.5. The first-order chi connectivity index (χ1) is 5.14. The summed E-state index contributed by atoms with van der Waals surface area (Å²) in [6.45, 7) is 9.74. The molecule has 1 fully saturated rings. The number of hydrogen-bond acceptors (Lipinski definition) is 1. The van der Waals surface area contributed by atoms with Gasteiger partial charge in [-0.1, -0.05) is 22.6 Å². The molecular formula is C9H20NP. The van der Waals surface area contributed by atoms with Crippen LogP contribution < -0.4 is 0 Å². The third kappa shape index (κ3) is 3.09. The molecule has 1 saturated heterocycles. The van der Waals surface area contributed by atoms with Gasteiger partial charge in [0.15, 0.2) is 0 Å². The third-order valence-electron chi connectivity index (χ3n) is 2.66. The van der Waals surface area contributed by atoms with Crippen molar-refractivity contribution < 1.29 is 0 Å². The second kappa shape index (κ2) is 3.87. The largest absolute Gasteiger partial charge is 0.285 e. The maximum absolute atomic E-state index is 2.59. The van der Waals surface area contributed by atoms with Crippen molar-refractivity contribution in [2.24, 2.45) is 5.41 Å². The molecule has 1 rings (SSSR count). The lowest BCUT2D eigenvalue weighted by Gasteiger charge is -2.22. The zero-order chi connectivity index (χ0) is 8.32. The van der Waals surface area contributed by atoms with E-state index < -0.39 is 0 Å². The van der Waals surface area contributed by atoms with Crippen molar-refractivity contribution >= 4 is 8.73 Å². The molecule has 1 aliphatic rings. The molecule has 2 heteroatoms. The van der Waals surface area contributed by atoms with Gasteiger partial charge in [0.25, 0.3) is 0 Å². The lowest BCUT2D eigenvalue weighted by atomic mass is 9.85. The quantitative estimate of drug-likeness (QED) is 0.551. The van der Waals surface area contributed by atoms with Gasteiger partial charge in [0, 0.05) is 13.1 Å². The van der Waals surface area contributed by atoms with Crippen LogP contribution in [0.2, 0.25) is 0 Å². The first kappa shape index (κ1) is 9.48. The molecule has 0 aliphatic carbocycles. The molecule has 0 amide bonds. The van der Waals surface area contributed by atoms with E-state index in [9.17, 15) is 0 Å². The smallest absolute Gasteiger partial charge is 0.00236 e. The van der Waals surface area contributed by atoms with Gasteiger partial charge < -0.3 is 0 Å². The highest BCUT2D eigenvalue weighted by atomic mass is 31.1. The zero-order valence-electron chi connectivity index (χ0n) is 7.98. The van der Waals surface area contributed by atoms with Crippen molar-refractivity contribution in [1.29, 1.82) is 0 Å². The SMILES string of the molecule is CPN1CCCC(C)(C)CC1. The Morgan fingerprint density at radius 2 is 1.91 bits per heavy atom. The van der Waals surface area contributed by atoms with Gasteiger partial charge in [0.05, 0.1) is 0 Å². The van der Waals surface area contributed by atoms with Gasteiger partial charge in [0.2, 0.25) is 0 Å². The predicted molar refractivity (Wildman–Crippen MR) is 53.4 cm³/mol. The molecule has 0 saturated carbocycles. The van der Waals surface area contributed by atoms with E-state index in [1.165, 1.54) is 32.4 Å². The fourth-order valence-corrected chi connectivity index (χ4v) is 2.36. The summed E-state index contributed by atoms with van der Waals surface area (Å²) >= 11 is 0. The molecule has 1 unspecified atom stereocenters. The Balaban J connectivity index is 2.39. The van der Waals surface area contributed by atoms with Gasteiger partial charge in [-0.05, 0) is 31.3 Å². The molecule has 0 aromatic carbocycles. The molecule has 11 heavy (non-hydrogen) atoms. The molecule has 0 radical (unpaired) electrons. The predicted octanol–water partition coefficient (Wildman–Crippen LogP) is 2.72. The van der Waals surface area contributed by atoms with Gasteiger partial charge >= 0.3 is 0 Å². The lowest BCUT2D eigenvalue weighted by Crippen LogP contribution is -2.16. The second-order valence-electron chi connectivity index (χ2n) is 4.23. The number of rotatable bonds is 1. The Kier molecular flexibility index (Phi) is 3.33. The van der Waals surface area contributed by atoms with Crippen LogP contribution >= 0.6 is 8.73 Å². The monoisotopic (exact) mass is 173 g/mol. The van der Waals surface area contributed by atoms with Gasteiger partial charge in [-0.2, -0.15) is 0 Å². The third-order valence-corrected chi connectivity index (χ3v) is 3.74. The molecule has 1 atom stereocenters. The maximum Gasteiger partial charge on any atom is 0.00236 e. The lowest BCUT2D eigenvalue weighted by molar-refractivity contribution is 0.317. The highest BCUT2D eigenvalue weighted by molar-refractivity contribution is 7.34. The van der Waals surface area contributed by atoms with E-state index >= 15 is 0 Å². The van der Waals surface area contributed by atoms with Crippen LogP contribution in [0.5, 0.6) is 0 Å². The van der Waals surface area contributed by atoms with E-state index in [1.54, 1.807) is 0 Å². The van der Waals surface area contributed by atoms with E-state index in [4.69, 9.17) is 0 Å². The molecule has 0 N–H and O–H groups in total. The Bertz CT molecular complexity index is 123. The van der Waals surface area contributed by atoms with Gasteiger partial charge in [-0.3, -0.25) is 4.67 Å². The summed E-state index contributed by atoms with van der Waals surface area (Å²) in [5.74, 6) is 0. The summed E-state index contributed by atoms with van der Waals surface area (Å²) < 4.78 is 2.59. The van der Waals surface area contributed by atoms with Crippen LogP contribution in [-0.2, 0) is 0 Å². The molecule has 1 heterocycles. The Morgan fingerprint density at radius 3 is 2.55 bits per heavy atom. The minimum atomic E-state index is 0.606. The molecule has 1 aliphatic heterocycles. The molecule has 0 bridgehead atoms. The summed E-state index contributed by atoms with van der Waals surface area (Å²) in [5.41, 5.74) is 0.606. The maximum atomic E-state index is 2.59. The Morgan fingerprint density at radius 1 is 1.18 bits per heavy atom. The fourth-order valence-electron chi connectivity index (χ4n) is 1.65. The first-order valence-corrected chi connectivity index (χ1v) is 6.01. The average Bonchev–Trinajstić information content (AvgIpc) is 2.10. The topological polar surface area (TPSA) is 3.24 Å². The standard InChI is InChI=1S/C9H20NP/c1-9(2)5-4-7-10(11-3)8-6-9/h11H,4-8H2,1-3H3. The van der Waals surface area contributed by atoms with Crippen molar-refractivity contribution in [2.45, 2.75) is 33.1 Å². The summed E-state index contributed by atoms with van der Waals surface area (Å²) in [6, 6.07) is 0. The van der Waals surface area contributed by atoms with Crippen LogP contribution in [0.15, 0.2) is 0 Å². The molecule has 0 spiro atoms. The van der Waals surface area contributed by atoms with Gasteiger partial charge in [-0.25, -0.2) is 0 Å². The summed E-state index contributed by atoms with van der Waals surface area (Å²) in [7, 11) is 1.01. The minimum absolute atomic E-state index is 0.606. The van der Waals surface area contributed by atoms with Crippen LogP contribution in [0.1, 0.15) is 33.1 Å². The van der Waals surface area contributed by atoms with Crippen LogP contribution in [-0.4, -0.2) is 24.4 Å². The van der Waals surface area contributed by atoms with E-state index in [0.717, 1.165) is 8.73 Å². The van der Waals surface area contributed by atoms with E-state index in [0.29, 0.717) is 5.41 Å². The van der Waals surface area contributed by atoms with E-state index in [-0.39, 0.29) is 0 Å². The average molecular weight is 173 g/mol. The summed E-state index contributed by atoms with van der Waals surface area (Å²) in [5, 5.41) is 0. The van der Waals surface area contributed by atoms with Gasteiger partial charge in [0.1, 0.15) is 0 Å².